The number of para-hydroxylation sites is 1. The first-order chi connectivity index (χ1) is 11.6. The van der Waals surface area contributed by atoms with Crippen molar-refractivity contribution >= 4 is 12.0 Å². The summed E-state index contributed by atoms with van der Waals surface area (Å²) in [4.78, 5) is 25.1. The van der Waals surface area contributed by atoms with E-state index >= 15 is 0 Å². The monoisotopic (exact) mass is 336 g/mol. The van der Waals surface area contributed by atoms with E-state index in [-0.39, 0.29) is 23.7 Å². The van der Waals surface area contributed by atoms with Gasteiger partial charge < -0.3 is 20.1 Å². The Morgan fingerprint density at radius 1 is 1.25 bits per heavy atom. The lowest BCUT2D eigenvalue weighted by atomic mass is 9.97. The quantitative estimate of drug-likeness (QED) is 0.870. The predicted octanol–water partition coefficient (Wildman–Crippen LogP) is 2.55. The summed E-state index contributed by atoms with van der Waals surface area (Å²) in [7, 11) is 0. The minimum absolute atomic E-state index is 0.213. The van der Waals surface area contributed by atoms with Gasteiger partial charge in [-0.3, -0.25) is 4.79 Å². The molecule has 0 aromatic heterocycles. The summed E-state index contributed by atoms with van der Waals surface area (Å²) in [5.74, 6) is -1.39. The summed E-state index contributed by atoms with van der Waals surface area (Å²) in [5, 5.41) is 12.0. The van der Waals surface area contributed by atoms with Crippen molar-refractivity contribution in [3.05, 3.63) is 29.6 Å². The van der Waals surface area contributed by atoms with Crippen LogP contribution in [0.4, 0.5) is 9.18 Å². The number of carboxylic acids is 1. The van der Waals surface area contributed by atoms with Gasteiger partial charge >= 0.3 is 12.0 Å². The number of benzene rings is 1. The largest absolute Gasteiger partial charge is 0.490 e. The number of urea groups is 1. The maximum Gasteiger partial charge on any atom is 0.317 e. The second-order valence-corrected chi connectivity index (χ2v) is 6.25. The summed E-state index contributed by atoms with van der Waals surface area (Å²) in [5.41, 5.74) is 0.654. The molecule has 1 atom stereocenters. The lowest BCUT2D eigenvalue weighted by Gasteiger charge is -2.31. The number of nitrogens with one attached hydrogen (secondary N) is 1. The zero-order chi connectivity index (χ0) is 17.1. The van der Waals surface area contributed by atoms with Crippen LogP contribution in [0.3, 0.4) is 0 Å². The Balaban J connectivity index is 1.67. The van der Waals surface area contributed by atoms with Crippen LogP contribution in [0.1, 0.15) is 37.3 Å². The van der Waals surface area contributed by atoms with Gasteiger partial charge in [-0.05, 0) is 31.7 Å². The highest BCUT2D eigenvalue weighted by Crippen LogP contribution is 2.33. The van der Waals surface area contributed by atoms with Crippen LogP contribution < -0.4 is 10.1 Å². The Kier molecular flexibility index (Phi) is 4.87. The van der Waals surface area contributed by atoms with E-state index in [1.54, 1.807) is 17.0 Å². The first-order valence-electron chi connectivity index (χ1n) is 8.25. The van der Waals surface area contributed by atoms with Gasteiger partial charge in [0.15, 0.2) is 11.6 Å². The molecule has 7 heteroatoms. The standard InChI is InChI=1S/C17H21FN2O4/c18-13-4-1-3-12-14(5-2-10-24-15(12)13)19-17(23)20-8-6-11(7-9-20)16(21)22/h1,3-4,11,14H,2,5-10H2,(H,19,23)(H,21,22). The van der Waals surface area contributed by atoms with Crippen molar-refractivity contribution in [2.24, 2.45) is 5.92 Å². The van der Waals surface area contributed by atoms with E-state index in [0.717, 1.165) is 6.42 Å². The van der Waals surface area contributed by atoms with Crippen molar-refractivity contribution in [2.45, 2.75) is 31.7 Å². The second kappa shape index (κ2) is 7.07. The van der Waals surface area contributed by atoms with Crippen molar-refractivity contribution in [1.29, 1.82) is 0 Å². The molecule has 2 heterocycles. The summed E-state index contributed by atoms with van der Waals surface area (Å²) in [6.45, 7) is 1.26. The van der Waals surface area contributed by atoms with Gasteiger partial charge in [-0.1, -0.05) is 12.1 Å². The van der Waals surface area contributed by atoms with Gasteiger partial charge in [-0.25, -0.2) is 9.18 Å². The molecule has 2 aliphatic heterocycles. The average molecular weight is 336 g/mol. The highest BCUT2D eigenvalue weighted by atomic mass is 19.1. The summed E-state index contributed by atoms with van der Waals surface area (Å²) >= 11 is 0. The molecule has 3 rings (SSSR count). The number of carboxylic acid groups (broad SMARTS) is 1. The van der Waals surface area contributed by atoms with Gasteiger partial charge in [0, 0.05) is 18.7 Å². The maximum absolute atomic E-state index is 13.9. The van der Waals surface area contributed by atoms with E-state index in [9.17, 15) is 14.0 Å². The summed E-state index contributed by atoms with van der Waals surface area (Å²) in [6.07, 6.45) is 2.32. The van der Waals surface area contributed by atoms with Crippen LogP contribution in [0.25, 0.3) is 0 Å². The fourth-order valence-corrected chi connectivity index (χ4v) is 3.29. The molecule has 0 bridgehead atoms. The SMILES string of the molecule is O=C(O)C1CCN(C(=O)NC2CCCOc3c(F)cccc32)CC1. The Bertz CT molecular complexity index is 629. The van der Waals surface area contributed by atoms with E-state index in [0.29, 0.717) is 44.5 Å². The highest BCUT2D eigenvalue weighted by molar-refractivity contribution is 5.76. The molecule has 0 spiro atoms. The molecule has 1 aromatic rings. The number of halogens is 1. The second-order valence-electron chi connectivity index (χ2n) is 6.25. The minimum atomic E-state index is -0.805. The molecule has 6 nitrogen and oxygen atoms in total. The number of piperidine rings is 1. The molecule has 2 aliphatic rings. The van der Waals surface area contributed by atoms with Crippen LogP contribution in [0.2, 0.25) is 0 Å². The van der Waals surface area contributed by atoms with Crippen LogP contribution in [0, 0.1) is 11.7 Å². The number of nitrogens with zero attached hydrogens (tertiary/aromatic N) is 1. The molecule has 2 N–H and O–H groups in total. The third-order valence-electron chi connectivity index (χ3n) is 4.69. The molecule has 1 fully saturated rings. The van der Waals surface area contributed by atoms with Crippen molar-refractivity contribution in [2.75, 3.05) is 19.7 Å². The number of hydrogen-bond acceptors (Lipinski definition) is 3. The molecule has 2 amide bonds. The normalized spacial score (nSPS) is 21.4. The first-order valence-corrected chi connectivity index (χ1v) is 8.25. The zero-order valence-electron chi connectivity index (χ0n) is 13.3. The Labute approximate surface area is 139 Å². The topological polar surface area (TPSA) is 78.9 Å². The number of fused-ring (bicyclic) bond motifs is 1. The van der Waals surface area contributed by atoms with Gasteiger partial charge in [0.25, 0.3) is 0 Å². The molecule has 130 valence electrons. The lowest BCUT2D eigenvalue weighted by Crippen LogP contribution is -2.46. The van der Waals surface area contributed by atoms with Crippen LogP contribution in [0.15, 0.2) is 18.2 Å². The molecule has 0 radical (unpaired) electrons. The van der Waals surface area contributed by atoms with E-state index < -0.39 is 11.8 Å². The predicted molar refractivity (Wildman–Crippen MR) is 84.3 cm³/mol. The Morgan fingerprint density at radius 2 is 2.00 bits per heavy atom. The third kappa shape index (κ3) is 3.44. The van der Waals surface area contributed by atoms with Crippen LogP contribution in [-0.4, -0.2) is 41.7 Å². The molecular weight excluding hydrogens is 315 g/mol. The number of hydrogen-bond donors (Lipinski definition) is 2. The lowest BCUT2D eigenvalue weighted by molar-refractivity contribution is -0.143. The Hall–Kier alpha value is -2.31. The minimum Gasteiger partial charge on any atom is -0.490 e. The fraction of sp³-hybridized carbons (Fsp3) is 0.529. The van der Waals surface area contributed by atoms with Crippen LogP contribution in [-0.2, 0) is 4.79 Å². The summed E-state index contributed by atoms with van der Waals surface area (Å²) in [6, 6.07) is 4.19. The molecule has 0 aliphatic carbocycles. The smallest absolute Gasteiger partial charge is 0.317 e. The van der Waals surface area contributed by atoms with Crippen LogP contribution in [0.5, 0.6) is 5.75 Å². The van der Waals surface area contributed by atoms with E-state index in [2.05, 4.69) is 5.32 Å². The van der Waals surface area contributed by atoms with E-state index in [4.69, 9.17) is 9.84 Å². The van der Waals surface area contributed by atoms with Gasteiger partial charge in [0.2, 0.25) is 0 Å². The van der Waals surface area contributed by atoms with Crippen LogP contribution >= 0.6 is 0 Å². The van der Waals surface area contributed by atoms with Gasteiger partial charge in [-0.2, -0.15) is 0 Å². The number of amides is 2. The van der Waals surface area contributed by atoms with E-state index in [1.807, 2.05) is 0 Å². The zero-order valence-corrected chi connectivity index (χ0v) is 13.3. The fourth-order valence-electron chi connectivity index (χ4n) is 3.29. The number of aliphatic carboxylic acids is 1. The molecule has 1 unspecified atom stereocenters. The number of likely N-dealkylation sites (tertiary alicyclic amines) is 1. The molecule has 1 aromatic carbocycles. The average Bonchev–Trinajstić information content (AvgIpc) is 2.78. The Morgan fingerprint density at radius 3 is 2.71 bits per heavy atom. The maximum atomic E-state index is 13.9. The van der Waals surface area contributed by atoms with E-state index in [1.165, 1.54) is 6.07 Å². The van der Waals surface area contributed by atoms with Crippen molar-refractivity contribution in [1.82, 2.24) is 10.2 Å². The molecule has 0 saturated carbocycles. The number of carbonyl (C=O) groups excluding carboxylic acids is 1. The van der Waals surface area contributed by atoms with Crippen molar-refractivity contribution in [3.8, 4) is 5.75 Å². The van der Waals surface area contributed by atoms with Gasteiger partial charge in [-0.15, -0.1) is 0 Å². The number of rotatable bonds is 2. The number of ether oxygens (including phenoxy) is 1. The van der Waals surface area contributed by atoms with Gasteiger partial charge in [0.05, 0.1) is 18.6 Å². The van der Waals surface area contributed by atoms with Crippen molar-refractivity contribution < 1.29 is 23.8 Å². The molecule has 1 saturated heterocycles. The molecule has 24 heavy (non-hydrogen) atoms. The number of carbonyl (C=O) groups is 2. The first kappa shape index (κ1) is 16.5. The molecular formula is C17H21FN2O4. The van der Waals surface area contributed by atoms with Gasteiger partial charge in [0.1, 0.15) is 0 Å². The highest BCUT2D eigenvalue weighted by Gasteiger charge is 2.29. The van der Waals surface area contributed by atoms with Crippen molar-refractivity contribution in [3.63, 3.8) is 0 Å². The third-order valence-corrected chi connectivity index (χ3v) is 4.69. The summed E-state index contributed by atoms with van der Waals surface area (Å²) < 4.78 is 19.4.